The first-order valence-corrected chi connectivity index (χ1v) is 6.96. The predicted molar refractivity (Wildman–Crippen MR) is 82.7 cm³/mol. The summed E-state index contributed by atoms with van der Waals surface area (Å²) in [5.74, 6) is 0. The molecule has 0 radical (unpaired) electrons. The summed E-state index contributed by atoms with van der Waals surface area (Å²) in [7, 11) is 0. The monoisotopic (exact) mass is 249 g/mol. The van der Waals surface area contributed by atoms with Crippen molar-refractivity contribution in [2.75, 3.05) is 0 Å². The largest absolute Gasteiger partial charge is 0.252 e. The topological polar surface area (TPSA) is 12.9 Å². The van der Waals surface area contributed by atoms with Gasteiger partial charge in [0.1, 0.15) is 0 Å². The Balaban J connectivity index is 2.15. The van der Waals surface area contributed by atoms with Crippen LogP contribution in [0.5, 0.6) is 0 Å². The van der Waals surface area contributed by atoms with Crippen molar-refractivity contribution in [1.82, 2.24) is 4.98 Å². The van der Waals surface area contributed by atoms with Crippen molar-refractivity contribution in [3.63, 3.8) is 0 Å². The van der Waals surface area contributed by atoms with Crippen molar-refractivity contribution in [2.45, 2.75) is 33.1 Å². The van der Waals surface area contributed by atoms with E-state index in [1.807, 2.05) is 0 Å². The third kappa shape index (κ3) is 1.99. The van der Waals surface area contributed by atoms with Crippen molar-refractivity contribution in [3.8, 4) is 0 Å². The summed E-state index contributed by atoms with van der Waals surface area (Å²) in [6, 6.07) is 2.23. The lowest BCUT2D eigenvalue weighted by Crippen LogP contribution is -2.00. The summed E-state index contributed by atoms with van der Waals surface area (Å²) < 4.78 is 0. The first-order valence-electron chi connectivity index (χ1n) is 6.96. The SMILES string of the molecule is C=C(CC)c1cc(C2=CC=CC2)nc2c1C(C)=CC2. The van der Waals surface area contributed by atoms with Gasteiger partial charge in [-0.05, 0) is 48.1 Å². The van der Waals surface area contributed by atoms with E-state index in [0.29, 0.717) is 0 Å². The molecule has 0 amide bonds. The van der Waals surface area contributed by atoms with Gasteiger partial charge in [-0.15, -0.1) is 0 Å². The molecule has 0 fully saturated rings. The third-order valence-electron chi connectivity index (χ3n) is 4.00. The summed E-state index contributed by atoms with van der Waals surface area (Å²) in [5.41, 5.74) is 8.82. The molecule has 1 nitrogen and oxygen atoms in total. The number of allylic oxidation sites excluding steroid dienone is 7. The molecule has 0 bridgehead atoms. The fourth-order valence-electron chi connectivity index (χ4n) is 2.81. The molecule has 1 aromatic heterocycles. The second-order valence-corrected chi connectivity index (χ2v) is 5.25. The van der Waals surface area contributed by atoms with Crippen LogP contribution in [0.1, 0.15) is 49.2 Å². The highest BCUT2D eigenvalue weighted by atomic mass is 14.7. The summed E-state index contributed by atoms with van der Waals surface area (Å²) in [6.45, 7) is 8.58. The van der Waals surface area contributed by atoms with Crippen molar-refractivity contribution in [3.05, 3.63) is 59.5 Å². The maximum absolute atomic E-state index is 4.86. The van der Waals surface area contributed by atoms with E-state index in [9.17, 15) is 0 Å². The molecule has 0 spiro atoms. The molecule has 3 rings (SSSR count). The number of hydrogen-bond acceptors (Lipinski definition) is 1. The van der Waals surface area contributed by atoms with Gasteiger partial charge in [-0.1, -0.05) is 37.8 Å². The van der Waals surface area contributed by atoms with Gasteiger partial charge in [0.25, 0.3) is 0 Å². The first kappa shape index (κ1) is 12.2. The van der Waals surface area contributed by atoms with Crippen LogP contribution in [0.2, 0.25) is 0 Å². The Hall–Kier alpha value is -1.89. The van der Waals surface area contributed by atoms with Crippen LogP contribution in [0.3, 0.4) is 0 Å². The molecule has 0 aliphatic heterocycles. The fraction of sp³-hybridized carbons (Fsp3) is 0.278. The third-order valence-corrected chi connectivity index (χ3v) is 4.00. The minimum atomic E-state index is 0.958. The van der Waals surface area contributed by atoms with Crippen molar-refractivity contribution >= 4 is 16.7 Å². The van der Waals surface area contributed by atoms with Crippen LogP contribution < -0.4 is 0 Å². The lowest BCUT2D eigenvalue weighted by molar-refractivity contribution is 1.09. The molecular weight excluding hydrogens is 230 g/mol. The zero-order valence-electron chi connectivity index (χ0n) is 11.7. The smallest absolute Gasteiger partial charge is 0.0674 e. The Morgan fingerprint density at radius 1 is 1.37 bits per heavy atom. The van der Waals surface area contributed by atoms with Gasteiger partial charge >= 0.3 is 0 Å². The minimum absolute atomic E-state index is 0.958. The van der Waals surface area contributed by atoms with E-state index in [4.69, 9.17) is 4.98 Å². The van der Waals surface area contributed by atoms with Crippen molar-refractivity contribution in [1.29, 1.82) is 0 Å². The van der Waals surface area contributed by atoms with Gasteiger partial charge in [-0.25, -0.2) is 0 Å². The van der Waals surface area contributed by atoms with E-state index >= 15 is 0 Å². The average molecular weight is 249 g/mol. The lowest BCUT2D eigenvalue weighted by atomic mass is 9.94. The Morgan fingerprint density at radius 3 is 2.89 bits per heavy atom. The average Bonchev–Trinajstić information content (AvgIpc) is 3.07. The van der Waals surface area contributed by atoms with Gasteiger partial charge in [0.2, 0.25) is 0 Å². The van der Waals surface area contributed by atoms with Crippen molar-refractivity contribution < 1.29 is 0 Å². The summed E-state index contributed by atoms with van der Waals surface area (Å²) in [4.78, 5) is 4.86. The van der Waals surface area contributed by atoms with E-state index in [-0.39, 0.29) is 0 Å². The maximum Gasteiger partial charge on any atom is 0.0674 e. The van der Waals surface area contributed by atoms with Crippen LogP contribution in [0.25, 0.3) is 16.7 Å². The lowest BCUT2D eigenvalue weighted by Gasteiger charge is -2.14. The molecule has 96 valence electrons. The number of rotatable bonds is 3. The standard InChI is InChI=1S/C18H19N/c1-4-12(2)15-11-17(14-7-5-6-8-14)19-16-10-9-13(3)18(15)16/h5-7,9,11H,2,4,8,10H2,1,3H3. The van der Waals surface area contributed by atoms with E-state index in [1.54, 1.807) is 0 Å². The normalized spacial score (nSPS) is 16.3. The highest BCUT2D eigenvalue weighted by Crippen LogP contribution is 2.36. The van der Waals surface area contributed by atoms with E-state index in [2.05, 4.69) is 50.8 Å². The molecule has 2 aliphatic carbocycles. The van der Waals surface area contributed by atoms with Crippen molar-refractivity contribution in [2.24, 2.45) is 0 Å². The molecule has 1 heteroatoms. The Bertz CT molecular complexity index is 642. The zero-order chi connectivity index (χ0) is 13.4. The number of pyridine rings is 1. The van der Waals surface area contributed by atoms with E-state index in [1.165, 1.54) is 33.5 Å². The van der Waals surface area contributed by atoms with Gasteiger partial charge in [0, 0.05) is 12.0 Å². The molecular formula is C18H19N. The quantitative estimate of drug-likeness (QED) is 0.749. The van der Waals surface area contributed by atoms with Gasteiger partial charge in [-0.2, -0.15) is 0 Å². The summed E-state index contributed by atoms with van der Waals surface area (Å²) >= 11 is 0. The van der Waals surface area contributed by atoms with Gasteiger partial charge in [-0.3, -0.25) is 4.98 Å². The van der Waals surface area contributed by atoms with E-state index in [0.717, 1.165) is 25.0 Å². The second kappa shape index (κ2) is 4.65. The minimum Gasteiger partial charge on any atom is -0.252 e. The van der Waals surface area contributed by atoms with Crippen LogP contribution in [0.4, 0.5) is 0 Å². The fourth-order valence-corrected chi connectivity index (χ4v) is 2.81. The van der Waals surface area contributed by atoms with Gasteiger partial charge in [0.05, 0.1) is 11.4 Å². The first-order chi connectivity index (χ1) is 9.20. The van der Waals surface area contributed by atoms with Crippen LogP contribution >= 0.6 is 0 Å². The molecule has 0 N–H and O–H groups in total. The highest BCUT2D eigenvalue weighted by molar-refractivity contribution is 5.84. The Labute approximate surface area is 115 Å². The number of nitrogens with zero attached hydrogens (tertiary/aromatic N) is 1. The molecule has 1 heterocycles. The predicted octanol–water partition coefficient (Wildman–Crippen LogP) is 4.81. The molecule has 1 aromatic rings. The Morgan fingerprint density at radius 2 is 2.21 bits per heavy atom. The molecule has 0 atom stereocenters. The molecule has 19 heavy (non-hydrogen) atoms. The summed E-state index contributed by atoms with van der Waals surface area (Å²) in [5, 5.41) is 0. The van der Waals surface area contributed by atoms with Crippen LogP contribution in [-0.4, -0.2) is 4.98 Å². The van der Waals surface area contributed by atoms with Crippen LogP contribution in [0.15, 0.2) is 36.9 Å². The molecule has 0 saturated heterocycles. The maximum atomic E-state index is 4.86. The molecule has 0 saturated carbocycles. The molecule has 2 aliphatic rings. The number of hydrogen-bond donors (Lipinski definition) is 0. The van der Waals surface area contributed by atoms with Crippen LogP contribution in [-0.2, 0) is 6.42 Å². The van der Waals surface area contributed by atoms with Crippen LogP contribution in [0, 0.1) is 0 Å². The Kier molecular flexibility index (Phi) is 2.98. The number of fused-ring (bicyclic) bond motifs is 1. The molecule has 0 aromatic carbocycles. The van der Waals surface area contributed by atoms with E-state index < -0.39 is 0 Å². The zero-order valence-corrected chi connectivity index (χ0v) is 11.7. The number of aromatic nitrogens is 1. The second-order valence-electron chi connectivity index (χ2n) is 5.25. The van der Waals surface area contributed by atoms with Gasteiger partial charge < -0.3 is 0 Å². The summed E-state index contributed by atoms with van der Waals surface area (Å²) in [6.07, 6.45) is 11.7. The highest BCUT2D eigenvalue weighted by Gasteiger charge is 2.20. The van der Waals surface area contributed by atoms with Gasteiger partial charge in [0.15, 0.2) is 0 Å². The molecule has 0 unspecified atom stereocenters.